The number of carbonyl (C=O) groups excluding carboxylic acids is 2. The lowest BCUT2D eigenvalue weighted by molar-refractivity contribution is -0.132. The first kappa shape index (κ1) is 22.6. The van der Waals surface area contributed by atoms with Crippen LogP contribution in [0.1, 0.15) is 22.7 Å². The Balaban J connectivity index is 1.97. The third kappa shape index (κ3) is 4.00. The van der Waals surface area contributed by atoms with Gasteiger partial charge in [0.25, 0.3) is 11.7 Å². The molecule has 7 heteroatoms. The molecule has 0 bridgehead atoms. The third-order valence-electron chi connectivity index (χ3n) is 5.57. The van der Waals surface area contributed by atoms with Gasteiger partial charge in [-0.25, -0.2) is 0 Å². The second-order valence-corrected chi connectivity index (χ2v) is 8.46. The summed E-state index contributed by atoms with van der Waals surface area (Å²) >= 11 is 3.41. The number of ether oxygens (including phenoxy) is 2. The van der Waals surface area contributed by atoms with Crippen molar-refractivity contribution in [3.63, 3.8) is 0 Å². The second kappa shape index (κ2) is 9.11. The van der Waals surface area contributed by atoms with Gasteiger partial charge in [-0.3, -0.25) is 14.5 Å². The van der Waals surface area contributed by atoms with Gasteiger partial charge in [0.2, 0.25) is 0 Å². The number of hydrogen-bond donors (Lipinski definition) is 1. The molecule has 0 spiro atoms. The lowest BCUT2D eigenvalue weighted by Gasteiger charge is -2.27. The molecule has 1 fully saturated rings. The predicted molar refractivity (Wildman–Crippen MR) is 130 cm³/mol. The van der Waals surface area contributed by atoms with Crippen molar-refractivity contribution in [1.29, 1.82) is 0 Å². The quantitative estimate of drug-likeness (QED) is 0.284. The van der Waals surface area contributed by atoms with Crippen LogP contribution in [0.2, 0.25) is 0 Å². The van der Waals surface area contributed by atoms with Gasteiger partial charge in [0, 0.05) is 5.56 Å². The van der Waals surface area contributed by atoms with E-state index >= 15 is 0 Å². The summed E-state index contributed by atoms with van der Waals surface area (Å²) in [6, 6.07) is 18.7. The van der Waals surface area contributed by atoms with Crippen molar-refractivity contribution < 1.29 is 24.2 Å². The first-order chi connectivity index (χ1) is 15.9. The number of methoxy groups -OCH3 is 2. The summed E-state index contributed by atoms with van der Waals surface area (Å²) in [7, 11) is 3.04. The van der Waals surface area contributed by atoms with E-state index in [0.29, 0.717) is 32.8 Å². The zero-order valence-electron chi connectivity index (χ0n) is 18.3. The molecule has 3 aromatic carbocycles. The molecule has 0 saturated carbocycles. The van der Waals surface area contributed by atoms with Crippen LogP contribution < -0.4 is 14.4 Å². The number of nitrogens with zero attached hydrogens (tertiary/aromatic N) is 1. The van der Waals surface area contributed by atoms with Gasteiger partial charge in [0.1, 0.15) is 17.3 Å². The van der Waals surface area contributed by atoms with Crippen molar-refractivity contribution in [3.05, 3.63) is 93.5 Å². The highest BCUT2D eigenvalue weighted by Gasteiger charge is 2.47. The van der Waals surface area contributed by atoms with E-state index in [4.69, 9.17) is 9.47 Å². The molecule has 1 heterocycles. The number of para-hydroxylation sites is 2. The van der Waals surface area contributed by atoms with Crippen LogP contribution in [-0.2, 0) is 9.59 Å². The summed E-state index contributed by atoms with van der Waals surface area (Å²) in [4.78, 5) is 28.0. The van der Waals surface area contributed by atoms with Crippen molar-refractivity contribution in [1.82, 2.24) is 0 Å². The Labute approximate surface area is 200 Å². The van der Waals surface area contributed by atoms with Crippen LogP contribution in [-0.4, -0.2) is 31.0 Å². The van der Waals surface area contributed by atoms with Crippen LogP contribution in [0.3, 0.4) is 0 Å². The molecule has 1 N–H and O–H groups in total. The van der Waals surface area contributed by atoms with E-state index in [1.807, 2.05) is 31.2 Å². The average Bonchev–Trinajstić information content (AvgIpc) is 3.08. The Kier molecular flexibility index (Phi) is 6.24. The lowest BCUT2D eigenvalue weighted by atomic mass is 9.94. The summed E-state index contributed by atoms with van der Waals surface area (Å²) in [5.74, 6) is -0.738. The van der Waals surface area contributed by atoms with E-state index < -0.39 is 17.7 Å². The molecule has 4 rings (SSSR count). The normalized spacial score (nSPS) is 17.3. The Morgan fingerprint density at radius 3 is 2.33 bits per heavy atom. The molecular weight excluding hydrogens is 486 g/mol. The Morgan fingerprint density at radius 1 is 0.939 bits per heavy atom. The van der Waals surface area contributed by atoms with Gasteiger partial charge in [-0.15, -0.1) is 0 Å². The number of hydrogen-bond acceptors (Lipinski definition) is 5. The van der Waals surface area contributed by atoms with Crippen LogP contribution in [0, 0.1) is 6.92 Å². The highest BCUT2D eigenvalue weighted by atomic mass is 79.9. The van der Waals surface area contributed by atoms with Crippen molar-refractivity contribution in [2.24, 2.45) is 0 Å². The smallest absolute Gasteiger partial charge is 0.300 e. The number of halogens is 1. The summed E-state index contributed by atoms with van der Waals surface area (Å²) in [5.41, 5.74) is 2.51. The summed E-state index contributed by atoms with van der Waals surface area (Å²) in [6.07, 6.45) is 0. The maximum absolute atomic E-state index is 13.3. The van der Waals surface area contributed by atoms with Gasteiger partial charge >= 0.3 is 0 Å². The monoisotopic (exact) mass is 507 g/mol. The number of anilines is 1. The van der Waals surface area contributed by atoms with Crippen LogP contribution in [0.5, 0.6) is 11.5 Å². The standard InChI is InChI=1S/C26H22BrNO5/c1-15-7-6-8-16(13-15)23-22(24(29)17-11-12-20(32-2)18(27)14-17)25(30)26(31)28(23)19-9-4-5-10-21(19)33-3/h4-14,23,29H,1-3H3/b24-22-. The first-order valence-corrected chi connectivity index (χ1v) is 11.0. The molecule has 0 aliphatic carbocycles. The number of aliphatic hydroxyl groups is 1. The molecular formula is C26H22BrNO5. The maximum Gasteiger partial charge on any atom is 0.300 e. The minimum Gasteiger partial charge on any atom is -0.507 e. The fourth-order valence-corrected chi connectivity index (χ4v) is 4.58. The van der Waals surface area contributed by atoms with Gasteiger partial charge in [-0.2, -0.15) is 0 Å². The summed E-state index contributed by atoms with van der Waals surface area (Å²) in [5, 5.41) is 11.3. The number of aliphatic hydroxyl groups excluding tert-OH is 1. The van der Waals surface area contributed by atoms with Gasteiger partial charge in [0.05, 0.1) is 36.0 Å². The van der Waals surface area contributed by atoms with Crippen LogP contribution >= 0.6 is 15.9 Å². The third-order valence-corrected chi connectivity index (χ3v) is 6.19. The molecule has 1 saturated heterocycles. The fourth-order valence-electron chi connectivity index (χ4n) is 4.03. The number of carbonyl (C=O) groups is 2. The van der Waals surface area contributed by atoms with Crippen molar-refractivity contribution >= 4 is 39.1 Å². The van der Waals surface area contributed by atoms with Gasteiger partial charge in [0.15, 0.2) is 0 Å². The number of rotatable bonds is 5. The highest BCUT2D eigenvalue weighted by Crippen LogP contribution is 2.45. The van der Waals surface area contributed by atoms with Crippen molar-refractivity contribution in [3.8, 4) is 11.5 Å². The van der Waals surface area contributed by atoms with E-state index in [0.717, 1.165) is 5.56 Å². The molecule has 168 valence electrons. The molecule has 1 atom stereocenters. The van der Waals surface area contributed by atoms with Gasteiger partial charge < -0.3 is 14.6 Å². The lowest BCUT2D eigenvalue weighted by Crippen LogP contribution is -2.29. The Morgan fingerprint density at radius 2 is 1.67 bits per heavy atom. The second-order valence-electron chi connectivity index (χ2n) is 7.60. The van der Waals surface area contributed by atoms with Crippen LogP contribution in [0.4, 0.5) is 5.69 Å². The number of benzene rings is 3. The largest absolute Gasteiger partial charge is 0.507 e. The predicted octanol–water partition coefficient (Wildman–Crippen LogP) is 5.40. The minimum atomic E-state index is -0.831. The number of ketones is 1. The molecule has 1 amide bonds. The highest BCUT2D eigenvalue weighted by molar-refractivity contribution is 9.10. The van der Waals surface area contributed by atoms with Crippen molar-refractivity contribution in [2.45, 2.75) is 13.0 Å². The SMILES string of the molecule is COc1ccc(/C(O)=C2/C(=O)C(=O)N(c3ccccc3OC)C2c2cccc(C)c2)cc1Br. The van der Waals surface area contributed by atoms with E-state index in [1.165, 1.54) is 19.1 Å². The van der Waals surface area contributed by atoms with Gasteiger partial charge in [-0.05, 0) is 58.7 Å². The molecule has 33 heavy (non-hydrogen) atoms. The molecule has 3 aromatic rings. The first-order valence-electron chi connectivity index (χ1n) is 10.2. The topological polar surface area (TPSA) is 76.1 Å². The molecule has 1 aliphatic rings. The molecule has 0 aromatic heterocycles. The molecule has 0 radical (unpaired) electrons. The van der Waals surface area contributed by atoms with E-state index in [-0.39, 0.29) is 11.3 Å². The van der Waals surface area contributed by atoms with Gasteiger partial charge in [-0.1, -0.05) is 42.0 Å². The molecule has 1 aliphatic heterocycles. The fraction of sp³-hybridized carbons (Fsp3) is 0.154. The average molecular weight is 508 g/mol. The summed E-state index contributed by atoms with van der Waals surface area (Å²) in [6.45, 7) is 1.93. The zero-order valence-corrected chi connectivity index (χ0v) is 19.9. The maximum atomic E-state index is 13.3. The van der Waals surface area contributed by atoms with E-state index in [2.05, 4.69) is 15.9 Å². The van der Waals surface area contributed by atoms with Crippen LogP contribution in [0.25, 0.3) is 5.76 Å². The Hall–Kier alpha value is -3.58. The number of amides is 1. The Bertz CT molecular complexity index is 1280. The van der Waals surface area contributed by atoms with E-state index in [9.17, 15) is 14.7 Å². The zero-order chi connectivity index (χ0) is 23.7. The molecule has 1 unspecified atom stereocenters. The molecule has 6 nitrogen and oxygen atoms in total. The van der Waals surface area contributed by atoms with Crippen LogP contribution in [0.15, 0.2) is 76.8 Å². The summed E-state index contributed by atoms with van der Waals surface area (Å²) < 4.78 is 11.3. The minimum absolute atomic E-state index is 0.00794. The number of aryl methyl sites for hydroxylation is 1. The number of Topliss-reactive ketones (excluding diaryl/α,β-unsaturated/α-hetero) is 1. The van der Waals surface area contributed by atoms with Crippen molar-refractivity contribution in [2.75, 3.05) is 19.1 Å². The van der Waals surface area contributed by atoms with E-state index in [1.54, 1.807) is 42.5 Å².